The summed E-state index contributed by atoms with van der Waals surface area (Å²) in [5.74, 6) is 0.0908. The van der Waals surface area contributed by atoms with Crippen LogP contribution < -0.4 is 11.1 Å². The molecule has 0 aliphatic heterocycles. The van der Waals surface area contributed by atoms with Crippen LogP contribution in [0.25, 0.3) is 0 Å². The van der Waals surface area contributed by atoms with E-state index in [0.29, 0.717) is 24.4 Å². The van der Waals surface area contributed by atoms with Crippen molar-refractivity contribution in [2.45, 2.75) is 32.6 Å². The molecule has 0 atom stereocenters. The molecule has 0 aliphatic carbocycles. The Bertz CT molecular complexity index is 159. The minimum absolute atomic E-state index is 0.0908. The Balaban J connectivity index is 3.25. The topological polar surface area (TPSA) is 55.1 Å². The van der Waals surface area contributed by atoms with Gasteiger partial charge >= 0.3 is 0 Å². The molecule has 12 heavy (non-hydrogen) atoms. The molecule has 70 valence electrons. The largest absolute Gasteiger partial charge is 0.393 e. The molecule has 3 N–H and O–H groups in total. The summed E-state index contributed by atoms with van der Waals surface area (Å²) < 4.78 is 0. The lowest BCUT2D eigenvalue weighted by Gasteiger charge is -2.02. The average molecular weight is 188 g/mol. The monoisotopic (exact) mass is 188 g/mol. The van der Waals surface area contributed by atoms with Gasteiger partial charge in [-0.15, -0.1) is 0 Å². The van der Waals surface area contributed by atoms with Crippen LogP contribution >= 0.6 is 12.2 Å². The van der Waals surface area contributed by atoms with Gasteiger partial charge in [0, 0.05) is 19.4 Å². The van der Waals surface area contributed by atoms with E-state index in [1.807, 2.05) is 0 Å². The van der Waals surface area contributed by atoms with Gasteiger partial charge in [-0.3, -0.25) is 4.79 Å². The van der Waals surface area contributed by atoms with Gasteiger partial charge in [0.2, 0.25) is 5.91 Å². The predicted octanol–water partition coefficient (Wildman–Crippen LogP) is 0.969. The number of unbranched alkanes of at least 4 members (excludes halogenated alkanes) is 1. The molecule has 0 spiro atoms. The van der Waals surface area contributed by atoms with Gasteiger partial charge in [-0.2, -0.15) is 0 Å². The predicted molar refractivity (Wildman–Crippen MR) is 53.9 cm³/mol. The smallest absolute Gasteiger partial charge is 0.220 e. The molecular formula is C8H16N2OS. The number of amides is 1. The highest BCUT2D eigenvalue weighted by Crippen LogP contribution is 1.92. The highest BCUT2D eigenvalue weighted by Gasteiger charge is 1.98. The molecule has 0 heterocycles. The first-order valence-electron chi connectivity index (χ1n) is 4.21. The highest BCUT2D eigenvalue weighted by molar-refractivity contribution is 7.80. The number of hydrogen-bond donors (Lipinski definition) is 2. The Hall–Kier alpha value is -0.640. The molecular weight excluding hydrogens is 172 g/mol. The number of carbonyl (C=O) groups is 1. The number of carbonyl (C=O) groups excluding carboxylic acids is 1. The Kier molecular flexibility index (Phi) is 6.66. The van der Waals surface area contributed by atoms with Gasteiger partial charge in [0.15, 0.2) is 0 Å². The number of rotatable bonds is 6. The van der Waals surface area contributed by atoms with E-state index in [1.165, 1.54) is 0 Å². The third-order valence-electron chi connectivity index (χ3n) is 1.45. The van der Waals surface area contributed by atoms with E-state index in [2.05, 4.69) is 24.5 Å². The van der Waals surface area contributed by atoms with Crippen molar-refractivity contribution in [3.05, 3.63) is 0 Å². The van der Waals surface area contributed by atoms with Crippen molar-refractivity contribution in [3.8, 4) is 0 Å². The Morgan fingerprint density at radius 3 is 2.67 bits per heavy atom. The molecule has 0 aliphatic rings. The normalized spacial score (nSPS) is 9.42. The molecule has 0 aromatic carbocycles. The lowest BCUT2D eigenvalue weighted by molar-refractivity contribution is -0.121. The summed E-state index contributed by atoms with van der Waals surface area (Å²) in [6, 6.07) is 0. The van der Waals surface area contributed by atoms with Gasteiger partial charge in [-0.1, -0.05) is 25.6 Å². The molecule has 0 bridgehead atoms. The van der Waals surface area contributed by atoms with Gasteiger partial charge in [0.25, 0.3) is 0 Å². The molecule has 4 heteroatoms. The van der Waals surface area contributed by atoms with Crippen molar-refractivity contribution in [1.29, 1.82) is 0 Å². The maximum atomic E-state index is 11.0. The van der Waals surface area contributed by atoms with Crippen LogP contribution in [0.5, 0.6) is 0 Å². The lowest BCUT2D eigenvalue weighted by atomic mass is 10.2. The summed E-state index contributed by atoms with van der Waals surface area (Å²) in [6.45, 7) is 2.63. The van der Waals surface area contributed by atoms with Crippen LogP contribution in [0.2, 0.25) is 0 Å². The van der Waals surface area contributed by atoms with Crippen LogP contribution in [0, 0.1) is 0 Å². The second-order valence-electron chi connectivity index (χ2n) is 2.67. The fraction of sp³-hybridized carbons (Fsp3) is 0.750. The molecule has 0 radical (unpaired) electrons. The summed E-state index contributed by atoms with van der Waals surface area (Å²) in [6.07, 6.45) is 3.18. The molecule has 0 rings (SSSR count). The first-order valence-corrected chi connectivity index (χ1v) is 4.62. The van der Waals surface area contributed by atoms with E-state index in [-0.39, 0.29) is 5.91 Å². The third-order valence-corrected chi connectivity index (χ3v) is 1.66. The molecule has 0 fully saturated rings. The highest BCUT2D eigenvalue weighted by atomic mass is 32.1. The van der Waals surface area contributed by atoms with Crippen molar-refractivity contribution >= 4 is 23.1 Å². The lowest BCUT2D eigenvalue weighted by Crippen LogP contribution is -2.26. The summed E-state index contributed by atoms with van der Waals surface area (Å²) >= 11 is 4.66. The van der Waals surface area contributed by atoms with Crippen LogP contribution in [0.4, 0.5) is 0 Å². The minimum Gasteiger partial charge on any atom is -0.393 e. The van der Waals surface area contributed by atoms with Crippen molar-refractivity contribution in [3.63, 3.8) is 0 Å². The SMILES string of the molecule is CCCCC(=O)NCCC(N)=S. The van der Waals surface area contributed by atoms with Crippen molar-refractivity contribution in [2.75, 3.05) is 6.54 Å². The third kappa shape index (κ3) is 7.47. The second-order valence-corrected chi connectivity index (χ2v) is 3.19. The van der Waals surface area contributed by atoms with Crippen molar-refractivity contribution in [1.82, 2.24) is 5.32 Å². The Morgan fingerprint density at radius 2 is 2.17 bits per heavy atom. The summed E-state index contributed by atoms with van der Waals surface area (Å²) in [5, 5.41) is 2.74. The van der Waals surface area contributed by atoms with Crippen LogP contribution in [-0.2, 0) is 4.79 Å². The van der Waals surface area contributed by atoms with Gasteiger partial charge in [-0.05, 0) is 6.42 Å². The van der Waals surface area contributed by atoms with Crippen LogP contribution in [0.1, 0.15) is 32.6 Å². The van der Waals surface area contributed by atoms with Crippen molar-refractivity contribution in [2.24, 2.45) is 5.73 Å². The molecule has 3 nitrogen and oxygen atoms in total. The maximum absolute atomic E-state index is 11.0. The standard InChI is InChI=1S/C8H16N2OS/c1-2-3-4-8(11)10-6-5-7(9)12/h2-6H2,1H3,(H2,9,12)(H,10,11). The van der Waals surface area contributed by atoms with E-state index >= 15 is 0 Å². The maximum Gasteiger partial charge on any atom is 0.220 e. The fourth-order valence-corrected chi connectivity index (χ4v) is 0.853. The van der Waals surface area contributed by atoms with Gasteiger partial charge in [0.05, 0.1) is 4.99 Å². The first kappa shape index (κ1) is 11.4. The van der Waals surface area contributed by atoms with E-state index in [0.717, 1.165) is 12.8 Å². The van der Waals surface area contributed by atoms with E-state index in [4.69, 9.17) is 5.73 Å². The zero-order valence-corrected chi connectivity index (χ0v) is 8.25. The summed E-state index contributed by atoms with van der Waals surface area (Å²) in [7, 11) is 0. The Morgan fingerprint density at radius 1 is 1.50 bits per heavy atom. The number of nitrogens with two attached hydrogens (primary N) is 1. The number of thiocarbonyl (C=S) groups is 1. The van der Waals surface area contributed by atoms with E-state index in [9.17, 15) is 4.79 Å². The zero-order valence-electron chi connectivity index (χ0n) is 7.43. The van der Waals surface area contributed by atoms with Crippen LogP contribution in [-0.4, -0.2) is 17.4 Å². The molecule has 1 amide bonds. The molecule has 0 aromatic rings. The van der Waals surface area contributed by atoms with Crippen molar-refractivity contribution < 1.29 is 4.79 Å². The van der Waals surface area contributed by atoms with Gasteiger partial charge < -0.3 is 11.1 Å². The van der Waals surface area contributed by atoms with Crippen LogP contribution in [0.15, 0.2) is 0 Å². The van der Waals surface area contributed by atoms with E-state index in [1.54, 1.807) is 0 Å². The quantitative estimate of drug-likeness (QED) is 0.611. The van der Waals surface area contributed by atoms with E-state index < -0.39 is 0 Å². The second kappa shape index (κ2) is 7.03. The van der Waals surface area contributed by atoms with Gasteiger partial charge in [0.1, 0.15) is 0 Å². The average Bonchev–Trinajstić information content (AvgIpc) is 2.00. The number of hydrogen-bond acceptors (Lipinski definition) is 2. The number of nitrogens with one attached hydrogen (secondary N) is 1. The molecule has 0 saturated heterocycles. The summed E-state index contributed by atoms with van der Waals surface area (Å²) in [5.41, 5.74) is 5.26. The first-order chi connectivity index (χ1) is 5.66. The molecule has 0 saturated carbocycles. The van der Waals surface area contributed by atoms with Crippen LogP contribution in [0.3, 0.4) is 0 Å². The molecule has 0 unspecified atom stereocenters. The van der Waals surface area contributed by atoms with Gasteiger partial charge in [-0.25, -0.2) is 0 Å². The fourth-order valence-electron chi connectivity index (χ4n) is 0.751. The summed E-state index contributed by atoms with van der Waals surface area (Å²) in [4.78, 5) is 11.4. The zero-order chi connectivity index (χ0) is 9.40. The minimum atomic E-state index is 0.0908. The molecule has 0 aromatic heterocycles. The Labute approximate surface area is 78.7 Å².